The predicted octanol–water partition coefficient (Wildman–Crippen LogP) is 2.35. The second-order valence-electron chi connectivity index (χ2n) is 5.17. The highest BCUT2D eigenvalue weighted by atomic mass is 32.2. The Kier molecular flexibility index (Phi) is 5.36. The van der Waals surface area contributed by atoms with E-state index in [4.69, 9.17) is 9.84 Å². The Labute approximate surface area is 128 Å². The van der Waals surface area contributed by atoms with Crippen LogP contribution in [0.15, 0.2) is 18.2 Å². The lowest BCUT2D eigenvalue weighted by atomic mass is 10.0. The van der Waals surface area contributed by atoms with Gasteiger partial charge in [0.2, 0.25) is 0 Å². The van der Waals surface area contributed by atoms with E-state index in [-0.39, 0.29) is 24.3 Å². The highest BCUT2D eigenvalue weighted by molar-refractivity contribution is 7.99. The molecule has 116 valence electrons. The van der Waals surface area contributed by atoms with Gasteiger partial charge in [-0.1, -0.05) is 6.07 Å². The number of aliphatic carboxylic acids is 1. The van der Waals surface area contributed by atoms with Gasteiger partial charge >= 0.3 is 5.97 Å². The van der Waals surface area contributed by atoms with Gasteiger partial charge in [0.15, 0.2) is 11.5 Å². The molecular formula is C15H21NO4S. The molecule has 1 aliphatic heterocycles. The predicted molar refractivity (Wildman–Crippen MR) is 83.1 cm³/mol. The van der Waals surface area contributed by atoms with E-state index in [9.17, 15) is 9.90 Å². The number of hydrogen-bond acceptors (Lipinski definition) is 5. The topological polar surface area (TPSA) is 70.0 Å². The summed E-state index contributed by atoms with van der Waals surface area (Å²) in [5.74, 6) is 1.65. The minimum absolute atomic E-state index is 0.0380. The van der Waals surface area contributed by atoms with Crippen LogP contribution in [0.5, 0.6) is 11.5 Å². The molecule has 0 aromatic heterocycles. The highest BCUT2D eigenvalue weighted by Gasteiger charge is 2.29. The van der Waals surface area contributed by atoms with E-state index in [0.29, 0.717) is 5.75 Å². The molecule has 6 heteroatoms. The summed E-state index contributed by atoms with van der Waals surface area (Å²) in [7, 11) is 1.52. The van der Waals surface area contributed by atoms with Gasteiger partial charge < -0.3 is 14.9 Å². The van der Waals surface area contributed by atoms with E-state index in [0.717, 1.165) is 23.6 Å². The van der Waals surface area contributed by atoms with Crippen molar-refractivity contribution < 1.29 is 19.7 Å². The van der Waals surface area contributed by atoms with Gasteiger partial charge in [0.25, 0.3) is 0 Å². The van der Waals surface area contributed by atoms with Crippen LogP contribution in [0.1, 0.15) is 24.9 Å². The molecule has 2 unspecified atom stereocenters. The number of rotatable bonds is 5. The average Bonchev–Trinajstić information content (AvgIpc) is 2.47. The third-order valence-electron chi connectivity index (χ3n) is 3.87. The van der Waals surface area contributed by atoms with Crippen molar-refractivity contribution in [2.75, 3.05) is 25.2 Å². The van der Waals surface area contributed by atoms with E-state index in [1.54, 1.807) is 17.8 Å². The minimum atomic E-state index is -0.761. The fourth-order valence-corrected chi connectivity index (χ4v) is 3.79. The molecule has 21 heavy (non-hydrogen) atoms. The largest absolute Gasteiger partial charge is 0.504 e. The van der Waals surface area contributed by atoms with Gasteiger partial charge in [-0.15, -0.1) is 0 Å². The molecule has 1 fully saturated rings. The van der Waals surface area contributed by atoms with Gasteiger partial charge in [0.05, 0.1) is 13.5 Å². The van der Waals surface area contributed by atoms with Crippen LogP contribution in [0.4, 0.5) is 0 Å². The normalized spacial score (nSPS) is 21.0. The molecule has 1 saturated heterocycles. The van der Waals surface area contributed by atoms with Gasteiger partial charge in [-0.3, -0.25) is 9.69 Å². The number of carboxylic acids is 1. The maximum atomic E-state index is 11.0. The van der Waals surface area contributed by atoms with Crippen molar-refractivity contribution in [3.8, 4) is 11.5 Å². The summed E-state index contributed by atoms with van der Waals surface area (Å²) < 4.78 is 5.15. The van der Waals surface area contributed by atoms with Crippen LogP contribution in [0.3, 0.4) is 0 Å². The van der Waals surface area contributed by atoms with Crippen molar-refractivity contribution in [1.82, 2.24) is 4.90 Å². The second kappa shape index (κ2) is 7.04. The number of benzene rings is 1. The summed E-state index contributed by atoms with van der Waals surface area (Å²) >= 11 is 1.80. The molecule has 0 spiro atoms. The first-order valence-corrected chi connectivity index (χ1v) is 8.10. The number of carboxylic acid groups (broad SMARTS) is 1. The van der Waals surface area contributed by atoms with Gasteiger partial charge in [-0.2, -0.15) is 11.8 Å². The average molecular weight is 311 g/mol. The Balaban J connectivity index is 2.19. The SMILES string of the molecule is COc1cc(C(C)N2CCSCC2CC(=O)O)ccc1O. The Morgan fingerprint density at radius 3 is 3.00 bits per heavy atom. The Hall–Kier alpha value is -1.40. The van der Waals surface area contributed by atoms with Crippen LogP contribution in [-0.2, 0) is 4.79 Å². The number of methoxy groups -OCH3 is 1. The third-order valence-corrected chi connectivity index (χ3v) is 4.96. The van der Waals surface area contributed by atoms with E-state index in [2.05, 4.69) is 11.8 Å². The van der Waals surface area contributed by atoms with E-state index in [1.165, 1.54) is 7.11 Å². The number of phenols is 1. The van der Waals surface area contributed by atoms with Gasteiger partial charge in [0.1, 0.15) is 0 Å². The zero-order valence-electron chi connectivity index (χ0n) is 12.3. The minimum Gasteiger partial charge on any atom is -0.504 e. The highest BCUT2D eigenvalue weighted by Crippen LogP contribution is 2.33. The van der Waals surface area contributed by atoms with Crippen LogP contribution in [0, 0.1) is 0 Å². The fraction of sp³-hybridized carbons (Fsp3) is 0.533. The van der Waals surface area contributed by atoms with Crippen molar-refractivity contribution in [1.29, 1.82) is 0 Å². The van der Waals surface area contributed by atoms with Crippen LogP contribution in [0.25, 0.3) is 0 Å². The molecule has 5 nitrogen and oxygen atoms in total. The molecule has 1 aliphatic rings. The van der Waals surface area contributed by atoms with Crippen LogP contribution >= 0.6 is 11.8 Å². The van der Waals surface area contributed by atoms with Crippen molar-refractivity contribution in [2.45, 2.75) is 25.4 Å². The monoisotopic (exact) mass is 311 g/mol. The Bertz CT molecular complexity index is 508. The zero-order chi connectivity index (χ0) is 15.4. The molecule has 0 radical (unpaired) electrons. The first kappa shape index (κ1) is 16.0. The summed E-state index contributed by atoms with van der Waals surface area (Å²) in [4.78, 5) is 13.3. The molecule has 0 aliphatic carbocycles. The van der Waals surface area contributed by atoms with Gasteiger partial charge in [-0.25, -0.2) is 0 Å². The van der Waals surface area contributed by atoms with Crippen LogP contribution in [-0.4, -0.2) is 52.3 Å². The number of hydrogen-bond donors (Lipinski definition) is 2. The standard InChI is InChI=1S/C15H21NO4S/c1-10(11-3-4-13(17)14(7-11)20-2)16-5-6-21-9-12(16)8-15(18)19/h3-4,7,10,12,17H,5-6,8-9H2,1-2H3,(H,18,19). The molecule has 0 bridgehead atoms. The maximum Gasteiger partial charge on any atom is 0.304 e. The molecule has 1 heterocycles. The number of carbonyl (C=O) groups is 1. The number of phenolic OH excluding ortho intramolecular Hbond substituents is 1. The Morgan fingerprint density at radius 2 is 2.33 bits per heavy atom. The quantitative estimate of drug-likeness (QED) is 0.870. The first-order valence-electron chi connectivity index (χ1n) is 6.95. The molecule has 1 aromatic rings. The summed E-state index contributed by atoms with van der Waals surface area (Å²) in [6.45, 7) is 2.93. The van der Waals surface area contributed by atoms with E-state index in [1.807, 2.05) is 12.1 Å². The molecule has 0 amide bonds. The summed E-state index contributed by atoms with van der Waals surface area (Å²) in [5, 5.41) is 18.7. The summed E-state index contributed by atoms with van der Waals surface area (Å²) in [5.41, 5.74) is 1.02. The van der Waals surface area contributed by atoms with Crippen LogP contribution in [0.2, 0.25) is 0 Å². The first-order chi connectivity index (χ1) is 10.0. The van der Waals surface area contributed by atoms with Gasteiger partial charge in [0, 0.05) is 30.1 Å². The lowest BCUT2D eigenvalue weighted by Gasteiger charge is -2.39. The van der Waals surface area contributed by atoms with Crippen molar-refractivity contribution in [3.05, 3.63) is 23.8 Å². The number of aromatic hydroxyl groups is 1. The Morgan fingerprint density at radius 1 is 1.57 bits per heavy atom. The van der Waals surface area contributed by atoms with E-state index >= 15 is 0 Å². The van der Waals surface area contributed by atoms with E-state index < -0.39 is 5.97 Å². The lowest BCUT2D eigenvalue weighted by molar-refractivity contribution is -0.138. The lowest BCUT2D eigenvalue weighted by Crippen LogP contribution is -2.44. The summed E-state index contributed by atoms with van der Waals surface area (Å²) in [6, 6.07) is 5.43. The molecule has 0 saturated carbocycles. The molecule has 2 atom stereocenters. The fourth-order valence-electron chi connectivity index (χ4n) is 2.70. The maximum absolute atomic E-state index is 11.0. The second-order valence-corrected chi connectivity index (χ2v) is 6.32. The number of nitrogens with zero attached hydrogens (tertiary/aromatic N) is 1. The number of ether oxygens (including phenoxy) is 1. The molecule has 1 aromatic carbocycles. The summed E-state index contributed by atoms with van der Waals surface area (Å²) in [6.07, 6.45) is 0.159. The van der Waals surface area contributed by atoms with Crippen LogP contribution < -0.4 is 4.74 Å². The third kappa shape index (κ3) is 3.83. The number of thioether (sulfide) groups is 1. The van der Waals surface area contributed by atoms with Gasteiger partial charge in [-0.05, 0) is 24.6 Å². The van der Waals surface area contributed by atoms with Crippen molar-refractivity contribution >= 4 is 17.7 Å². The molecule has 2 rings (SSSR count). The van der Waals surface area contributed by atoms with Crippen molar-refractivity contribution in [3.63, 3.8) is 0 Å². The smallest absolute Gasteiger partial charge is 0.304 e. The molecular weight excluding hydrogens is 290 g/mol. The zero-order valence-corrected chi connectivity index (χ0v) is 13.1. The molecule has 2 N–H and O–H groups in total. The van der Waals surface area contributed by atoms with Crippen molar-refractivity contribution in [2.24, 2.45) is 0 Å².